The van der Waals surface area contributed by atoms with Gasteiger partial charge >= 0.3 is 8.60 Å². The van der Waals surface area contributed by atoms with Crippen LogP contribution in [0.1, 0.15) is 32.1 Å². The number of fused-ring (bicyclic) bond motifs is 2. The fourth-order valence-electron chi connectivity index (χ4n) is 7.53. The standard InChI is InChI=1S/C50H41O3P/c1-6-16-36(17-7-1)40-26-28-42-34-49(47(32-44(42)30-40)38-20-10-3-11-21-38)52-54(51-46-24-14-5-15-25-46)53-50-35-43-29-27-41(37-18-8-2-9-19-37)31-45(43)33-48(50)39-22-12-4-13-23-39/h1-4,6-13,16-23,26-35,46H,5,14-15,24-25H2. The lowest BCUT2D eigenvalue weighted by atomic mass is 9.97. The summed E-state index contributed by atoms with van der Waals surface area (Å²) < 4.78 is 20.9. The minimum atomic E-state index is -1.84. The average molecular weight is 721 g/mol. The first-order chi connectivity index (χ1) is 26.7. The molecule has 54 heavy (non-hydrogen) atoms. The summed E-state index contributed by atoms with van der Waals surface area (Å²) in [5.41, 5.74) is 8.93. The van der Waals surface area contributed by atoms with Gasteiger partial charge in [0, 0.05) is 11.1 Å². The predicted octanol–water partition coefficient (Wildman–Crippen LogP) is 14.7. The molecular formula is C50H41O3P. The lowest BCUT2D eigenvalue weighted by molar-refractivity contribution is 0.139. The van der Waals surface area contributed by atoms with Crippen LogP contribution >= 0.6 is 8.60 Å². The second-order valence-electron chi connectivity index (χ2n) is 14.1. The van der Waals surface area contributed by atoms with Gasteiger partial charge in [-0.25, -0.2) is 0 Å². The Morgan fingerprint density at radius 2 is 0.759 bits per heavy atom. The normalized spacial score (nSPS) is 13.4. The van der Waals surface area contributed by atoms with Crippen LogP contribution in [0.4, 0.5) is 0 Å². The van der Waals surface area contributed by atoms with Crippen LogP contribution in [-0.2, 0) is 4.52 Å². The van der Waals surface area contributed by atoms with E-state index in [1.807, 2.05) is 0 Å². The van der Waals surface area contributed by atoms with Gasteiger partial charge in [-0.3, -0.25) is 4.52 Å². The van der Waals surface area contributed by atoms with Gasteiger partial charge in [0.1, 0.15) is 11.5 Å². The molecule has 1 aliphatic carbocycles. The van der Waals surface area contributed by atoms with Crippen molar-refractivity contribution in [3.63, 3.8) is 0 Å². The maximum absolute atomic E-state index is 7.03. The molecule has 1 saturated carbocycles. The average Bonchev–Trinajstić information content (AvgIpc) is 3.24. The van der Waals surface area contributed by atoms with Gasteiger partial charge in [0.2, 0.25) is 0 Å². The molecule has 0 radical (unpaired) electrons. The van der Waals surface area contributed by atoms with Crippen molar-refractivity contribution in [2.75, 3.05) is 0 Å². The van der Waals surface area contributed by atoms with Crippen molar-refractivity contribution in [3.8, 4) is 56.0 Å². The van der Waals surface area contributed by atoms with E-state index in [4.69, 9.17) is 13.6 Å². The van der Waals surface area contributed by atoms with E-state index in [9.17, 15) is 0 Å². The Morgan fingerprint density at radius 1 is 0.352 bits per heavy atom. The lowest BCUT2D eigenvalue weighted by Gasteiger charge is -2.27. The van der Waals surface area contributed by atoms with Crippen LogP contribution in [0.2, 0.25) is 0 Å². The molecule has 8 aromatic carbocycles. The van der Waals surface area contributed by atoms with Gasteiger partial charge in [-0.15, -0.1) is 0 Å². The molecule has 9 rings (SSSR count). The quantitative estimate of drug-likeness (QED) is 0.132. The zero-order valence-corrected chi connectivity index (χ0v) is 31.0. The van der Waals surface area contributed by atoms with E-state index >= 15 is 0 Å². The van der Waals surface area contributed by atoms with Gasteiger partial charge in [0.15, 0.2) is 0 Å². The van der Waals surface area contributed by atoms with Crippen molar-refractivity contribution in [3.05, 3.63) is 182 Å². The highest BCUT2D eigenvalue weighted by Crippen LogP contribution is 2.50. The fraction of sp³-hybridized carbons (Fsp3) is 0.120. The topological polar surface area (TPSA) is 27.7 Å². The largest absolute Gasteiger partial charge is 0.463 e. The Labute approximate surface area is 318 Å². The van der Waals surface area contributed by atoms with Crippen molar-refractivity contribution >= 4 is 30.1 Å². The maximum atomic E-state index is 7.03. The molecule has 0 aromatic heterocycles. The minimum absolute atomic E-state index is 0.0768. The maximum Gasteiger partial charge on any atom is 0.463 e. The van der Waals surface area contributed by atoms with Crippen molar-refractivity contribution in [1.82, 2.24) is 0 Å². The first-order valence-corrected chi connectivity index (χ1v) is 20.0. The van der Waals surface area contributed by atoms with Crippen LogP contribution in [0.25, 0.3) is 66.1 Å². The van der Waals surface area contributed by atoms with Crippen LogP contribution in [0.15, 0.2) is 182 Å². The fourth-order valence-corrected chi connectivity index (χ4v) is 8.73. The number of rotatable bonds is 10. The first kappa shape index (κ1) is 34.1. The van der Waals surface area contributed by atoms with E-state index in [0.29, 0.717) is 0 Å². The van der Waals surface area contributed by atoms with Crippen molar-refractivity contribution in [2.45, 2.75) is 38.2 Å². The van der Waals surface area contributed by atoms with Crippen molar-refractivity contribution in [1.29, 1.82) is 0 Å². The number of benzene rings is 8. The van der Waals surface area contributed by atoms with Crippen LogP contribution < -0.4 is 9.05 Å². The number of hydrogen-bond donors (Lipinski definition) is 0. The number of hydrogen-bond acceptors (Lipinski definition) is 3. The molecule has 0 unspecified atom stereocenters. The van der Waals surface area contributed by atoms with Crippen LogP contribution in [-0.4, -0.2) is 6.10 Å². The summed E-state index contributed by atoms with van der Waals surface area (Å²) in [5.74, 6) is 1.50. The Balaban J connectivity index is 1.14. The smallest absolute Gasteiger partial charge is 0.417 e. The molecular weight excluding hydrogens is 680 g/mol. The molecule has 4 heteroatoms. The van der Waals surface area contributed by atoms with Gasteiger partial charge in [0.05, 0.1) is 6.10 Å². The summed E-state index contributed by atoms with van der Waals surface area (Å²) >= 11 is 0. The van der Waals surface area contributed by atoms with E-state index in [1.54, 1.807) is 0 Å². The Morgan fingerprint density at radius 3 is 1.19 bits per heavy atom. The summed E-state index contributed by atoms with van der Waals surface area (Å²) in [6, 6.07) is 64.1. The molecule has 0 bridgehead atoms. The Bertz CT molecular complexity index is 2330. The minimum Gasteiger partial charge on any atom is -0.417 e. The van der Waals surface area contributed by atoms with Crippen LogP contribution in [0.5, 0.6) is 11.5 Å². The van der Waals surface area contributed by atoms with E-state index in [2.05, 4.69) is 182 Å². The molecule has 8 aromatic rings. The highest BCUT2D eigenvalue weighted by molar-refractivity contribution is 7.42. The SMILES string of the molecule is c1ccc(-c2ccc3cc(OP(Oc4cc5ccc(-c6ccccc6)cc5cc4-c4ccccc4)OC4CCCCC4)c(-c4ccccc4)cc3c2)cc1. The van der Waals surface area contributed by atoms with Gasteiger partial charge in [0.25, 0.3) is 0 Å². The van der Waals surface area contributed by atoms with Crippen molar-refractivity contribution in [2.24, 2.45) is 0 Å². The van der Waals surface area contributed by atoms with E-state index < -0.39 is 8.60 Å². The summed E-state index contributed by atoms with van der Waals surface area (Å²) in [4.78, 5) is 0. The molecule has 1 fully saturated rings. The van der Waals surface area contributed by atoms with Crippen molar-refractivity contribution < 1.29 is 13.6 Å². The second kappa shape index (κ2) is 15.7. The molecule has 0 atom stereocenters. The van der Waals surface area contributed by atoms with Gasteiger partial charge in [-0.1, -0.05) is 165 Å². The molecule has 0 saturated heterocycles. The van der Waals surface area contributed by atoms with E-state index in [1.165, 1.54) is 28.7 Å². The van der Waals surface area contributed by atoms with Crippen LogP contribution in [0, 0.1) is 0 Å². The predicted molar refractivity (Wildman–Crippen MR) is 226 cm³/mol. The summed E-state index contributed by atoms with van der Waals surface area (Å²) in [7, 11) is -1.84. The molecule has 264 valence electrons. The molecule has 1 aliphatic rings. The van der Waals surface area contributed by atoms with Gasteiger partial charge < -0.3 is 9.05 Å². The molecule has 0 spiro atoms. The zero-order chi connectivity index (χ0) is 36.1. The molecule has 0 N–H and O–H groups in total. The molecule has 3 nitrogen and oxygen atoms in total. The Hall–Kier alpha value is -5.73. The molecule has 0 amide bonds. The van der Waals surface area contributed by atoms with E-state index in [-0.39, 0.29) is 6.10 Å². The molecule has 0 aliphatic heterocycles. The van der Waals surface area contributed by atoms with Gasteiger partial charge in [-0.2, -0.15) is 0 Å². The highest BCUT2D eigenvalue weighted by Gasteiger charge is 2.28. The third kappa shape index (κ3) is 7.52. The highest BCUT2D eigenvalue weighted by atomic mass is 31.2. The zero-order valence-electron chi connectivity index (χ0n) is 30.1. The second-order valence-corrected chi connectivity index (χ2v) is 15.1. The summed E-state index contributed by atoms with van der Waals surface area (Å²) in [5, 5.41) is 4.50. The summed E-state index contributed by atoms with van der Waals surface area (Å²) in [6.45, 7) is 0. The third-order valence-electron chi connectivity index (χ3n) is 10.4. The van der Waals surface area contributed by atoms with E-state index in [0.717, 1.165) is 81.0 Å². The molecule has 0 heterocycles. The Kier molecular flexibility index (Phi) is 9.91. The third-order valence-corrected chi connectivity index (χ3v) is 11.6. The first-order valence-electron chi connectivity index (χ1n) is 18.9. The lowest BCUT2D eigenvalue weighted by Crippen LogP contribution is -2.17. The summed E-state index contributed by atoms with van der Waals surface area (Å²) in [6.07, 6.45) is 5.62. The van der Waals surface area contributed by atoms with Gasteiger partial charge in [-0.05, 0) is 104 Å². The van der Waals surface area contributed by atoms with Crippen LogP contribution in [0.3, 0.4) is 0 Å². The monoisotopic (exact) mass is 720 g/mol.